The van der Waals surface area contributed by atoms with Gasteiger partial charge in [0.05, 0.1) is 13.2 Å². The second kappa shape index (κ2) is 10.2. The van der Waals surface area contributed by atoms with E-state index in [4.69, 9.17) is 9.47 Å². The Morgan fingerprint density at radius 2 is 1.74 bits per heavy atom. The maximum Gasteiger partial charge on any atom is 0.262 e. The summed E-state index contributed by atoms with van der Waals surface area (Å²) in [4.78, 5) is 28.6. The highest BCUT2D eigenvalue weighted by atomic mass is 19.1. The molecule has 2 amide bonds. The van der Waals surface area contributed by atoms with E-state index in [1.807, 2.05) is 19.1 Å². The number of carbonyl (C=O) groups is 2. The molecule has 2 N–H and O–H groups in total. The van der Waals surface area contributed by atoms with Gasteiger partial charge >= 0.3 is 0 Å². The molecule has 0 aliphatic carbocycles. The molecule has 160 valence electrons. The monoisotopic (exact) mass is 423 g/mol. The Labute approximate surface area is 179 Å². The van der Waals surface area contributed by atoms with Crippen molar-refractivity contribution in [2.75, 3.05) is 19.0 Å². The van der Waals surface area contributed by atoms with Gasteiger partial charge in [0.2, 0.25) is 0 Å². The predicted molar refractivity (Wildman–Crippen MR) is 114 cm³/mol. The number of amides is 2. The van der Waals surface area contributed by atoms with E-state index < -0.39 is 11.7 Å². The molecule has 0 radical (unpaired) electrons. The quantitative estimate of drug-likeness (QED) is 0.576. The van der Waals surface area contributed by atoms with Gasteiger partial charge in [-0.3, -0.25) is 14.6 Å². The number of hydrogen-bond acceptors (Lipinski definition) is 5. The van der Waals surface area contributed by atoms with Gasteiger partial charge in [0.1, 0.15) is 5.82 Å². The summed E-state index contributed by atoms with van der Waals surface area (Å²) in [6, 6.07) is 13.6. The Bertz CT molecular complexity index is 1040. The summed E-state index contributed by atoms with van der Waals surface area (Å²) >= 11 is 0. The van der Waals surface area contributed by atoms with Crippen molar-refractivity contribution in [3.63, 3.8) is 0 Å². The van der Waals surface area contributed by atoms with Gasteiger partial charge in [0.15, 0.2) is 18.1 Å². The number of halogens is 1. The van der Waals surface area contributed by atoms with E-state index in [2.05, 4.69) is 15.6 Å². The fourth-order valence-corrected chi connectivity index (χ4v) is 2.82. The number of ether oxygens (including phenoxy) is 2. The summed E-state index contributed by atoms with van der Waals surface area (Å²) in [5.74, 6) is -0.447. The molecule has 0 spiro atoms. The number of nitrogens with one attached hydrogen (secondary N) is 2. The van der Waals surface area contributed by atoms with Crippen molar-refractivity contribution in [2.45, 2.75) is 13.0 Å². The topological polar surface area (TPSA) is 89.6 Å². The number of hydrogen-bond donors (Lipinski definition) is 2. The fourth-order valence-electron chi connectivity index (χ4n) is 2.82. The average molecular weight is 423 g/mol. The van der Waals surface area contributed by atoms with E-state index in [0.29, 0.717) is 22.7 Å². The first-order chi connectivity index (χ1) is 15.0. The number of aromatic nitrogens is 1. The van der Waals surface area contributed by atoms with Gasteiger partial charge in [-0.05, 0) is 67.1 Å². The lowest BCUT2D eigenvalue weighted by atomic mass is 10.1. The molecular formula is C23H22FN3O4. The lowest BCUT2D eigenvalue weighted by Crippen LogP contribution is -2.26. The summed E-state index contributed by atoms with van der Waals surface area (Å²) in [7, 11) is 1.45. The van der Waals surface area contributed by atoms with Crippen LogP contribution >= 0.6 is 0 Å². The van der Waals surface area contributed by atoms with Crippen LogP contribution in [0, 0.1) is 5.82 Å². The molecule has 2 aromatic carbocycles. The van der Waals surface area contributed by atoms with E-state index >= 15 is 0 Å². The first kappa shape index (κ1) is 21.8. The standard InChI is InChI=1S/C23H22FN3O4/c1-15(16-9-11-25-12-10-16)26-23(29)17-3-8-20(21(13-17)30-2)31-14-22(28)27-19-6-4-18(24)5-7-19/h3-13,15H,14H2,1-2H3,(H,26,29)(H,27,28). The molecule has 1 atom stereocenters. The zero-order valence-corrected chi connectivity index (χ0v) is 17.1. The second-order valence-electron chi connectivity index (χ2n) is 6.69. The summed E-state index contributed by atoms with van der Waals surface area (Å²) < 4.78 is 23.8. The zero-order valence-electron chi connectivity index (χ0n) is 17.1. The van der Waals surface area contributed by atoms with E-state index in [1.54, 1.807) is 30.6 Å². The number of pyridine rings is 1. The van der Waals surface area contributed by atoms with Crippen molar-refractivity contribution in [3.05, 3.63) is 83.9 Å². The highest BCUT2D eigenvalue weighted by molar-refractivity contribution is 5.95. The summed E-state index contributed by atoms with van der Waals surface area (Å²) in [6.45, 7) is 1.60. The molecular weight excluding hydrogens is 401 g/mol. The Balaban J connectivity index is 1.60. The smallest absolute Gasteiger partial charge is 0.262 e. The van der Waals surface area contributed by atoms with Gasteiger partial charge in [-0.1, -0.05) is 0 Å². The molecule has 0 aliphatic rings. The molecule has 0 aliphatic heterocycles. The Kier molecular flexibility index (Phi) is 7.16. The van der Waals surface area contributed by atoms with Gasteiger partial charge in [-0.2, -0.15) is 0 Å². The Morgan fingerprint density at radius 3 is 2.42 bits per heavy atom. The van der Waals surface area contributed by atoms with Gasteiger partial charge in [-0.25, -0.2) is 4.39 Å². The maximum absolute atomic E-state index is 12.9. The van der Waals surface area contributed by atoms with Crippen LogP contribution in [0.15, 0.2) is 67.0 Å². The molecule has 8 heteroatoms. The Morgan fingerprint density at radius 1 is 1.03 bits per heavy atom. The van der Waals surface area contributed by atoms with Crippen LogP contribution in [-0.2, 0) is 4.79 Å². The van der Waals surface area contributed by atoms with Crippen LogP contribution in [0.5, 0.6) is 11.5 Å². The molecule has 0 bridgehead atoms. The summed E-state index contributed by atoms with van der Waals surface area (Å²) in [6.07, 6.45) is 3.33. The van der Waals surface area contributed by atoms with Crippen LogP contribution in [0.3, 0.4) is 0 Å². The third-order valence-electron chi connectivity index (χ3n) is 4.47. The van der Waals surface area contributed by atoms with Crippen molar-refractivity contribution >= 4 is 17.5 Å². The second-order valence-corrected chi connectivity index (χ2v) is 6.69. The number of methoxy groups -OCH3 is 1. The lowest BCUT2D eigenvalue weighted by Gasteiger charge is -2.15. The minimum Gasteiger partial charge on any atom is -0.493 e. The van der Waals surface area contributed by atoms with Gasteiger partial charge in [-0.15, -0.1) is 0 Å². The first-order valence-electron chi connectivity index (χ1n) is 9.53. The molecule has 3 aromatic rings. The average Bonchev–Trinajstić information content (AvgIpc) is 2.79. The third-order valence-corrected chi connectivity index (χ3v) is 4.47. The molecule has 31 heavy (non-hydrogen) atoms. The van der Waals surface area contributed by atoms with Gasteiger partial charge < -0.3 is 20.1 Å². The molecule has 0 saturated carbocycles. The van der Waals surface area contributed by atoms with E-state index in [9.17, 15) is 14.0 Å². The van der Waals surface area contributed by atoms with E-state index in [1.165, 1.54) is 31.4 Å². The number of benzene rings is 2. The minimum atomic E-state index is -0.415. The minimum absolute atomic E-state index is 0.201. The molecule has 1 heterocycles. The van der Waals surface area contributed by atoms with Crippen molar-refractivity contribution in [1.29, 1.82) is 0 Å². The number of rotatable bonds is 8. The van der Waals surface area contributed by atoms with E-state index in [0.717, 1.165) is 5.56 Å². The maximum atomic E-state index is 12.9. The Hall–Kier alpha value is -3.94. The van der Waals surface area contributed by atoms with Crippen molar-refractivity contribution in [3.8, 4) is 11.5 Å². The molecule has 1 unspecified atom stereocenters. The largest absolute Gasteiger partial charge is 0.493 e. The molecule has 1 aromatic heterocycles. The molecule has 0 fully saturated rings. The summed E-state index contributed by atoms with van der Waals surface area (Å²) in [5, 5.41) is 5.51. The van der Waals surface area contributed by atoms with Crippen LogP contribution in [0.2, 0.25) is 0 Å². The number of nitrogens with zero attached hydrogens (tertiary/aromatic N) is 1. The molecule has 7 nitrogen and oxygen atoms in total. The van der Waals surface area contributed by atoms with Crippen LogP contribution in [-0.4, -0.2) is 30.5 Å². The molecule has 3 rings (SSSR count). The third kappa shape index (κ3) is 6.02. The van der Waals surface area contributed by atoms with Crippen molar-refractivity contribution in [2.24, 2.45) is 0 Å². The zero-order chi connectivity index (χ0) is 22.2. The highest BCUT2D eigenvalue weighted by Crippen LogP contribution is 2.28. The van der Waals surface area contributed by atoms with E-state index in [-0.39, 0.29) is 18.6 Å². The van der Waals surface area contributed by atoms with Crippen LogP contribution in [0.1, 0.15) is 28.9 Å². The normalized spacial score (nSPS) is 11.3. The first-order valence-corrected chi connectivity index (χ1v) is 9.53. The van der Waals surface area contributed by atoms with Crippen LogP contribution in [0.4, 0.5) is 10.1 Å². The SMILES string of the molecule is COc1cc(C(=O)NC(C)c2ccncc2)ccc1OCC(=O)Nc1ccc(F)cc1. The van der Waals surface area contributed by atoms with Crippen molar-refractivity contribution < 1.29 is 23.5 Å². The molecule has 0 saturated heterocycles. The number of anilines is 1. The lowest BCUT2D eigenvalue weighted by molar-refractivity contribution is -0.118. The number of carbonyl (C=O) groups excluding carboxylic acids is 2. The van der Waals surface area contributed by atoms with Crippen molar-refractivity contribution in [1.82, 2.24) is 10.3 Å². The highest BCUT2D eigenvalue weighted by Gasteiger charge is 2.15. The fraction of sp³-hybridized carbons (Fsp3) is 0.174. The van der Waals surface area contributed by atoms with Crippen LogP contribution in [0.25, 0.3) is 0 Å². The predicted octanol–water partition coefficient (Wildman–Crippen LogP) is 3.74. The summed E-state index contributed by atoms with van der Waals surface area (Å²) in [5.41, 5.74) is 1.78. The van der Waals surface area contributed by atoms with Gasteiger partial charge in [0, 0.05) is 23.6 Å². The van der Waals surface area contributed by atoms with Gasteiger partial charge in [0.25, 0.3) is 11.8 Å². The van der Waals surface area contributed by atoms with Crippen LogP contribution < -0.4 is 20.1 Å².